The van der Waals surface area contributed by atoms with Crippen LogP contribution in [0.4, 0.5) is 0 Å². The van der Waals surface area contributed by atoms with Crippen LogP contribution in [0.2, 0.25) is 0 Å². The van der Waals surface area contributed by atoms with E-state index in [-0.39, 0.29) is 11.5 Å². The van der Waals surface area contributed by atoms with Crippen LogP contribution in [-0.4, -0.2) is 4.98 Å². The molecule has 0 amide bonds. The summed E-state index contributed by atoms with van der Waals surface area (Å²) < 4.78 is 5.87. The van der Waals surface area contributed by atoms with Crippen molar-refractivity contribution in [2.45, 2.75) is 17.9 Å². The summed E-state index contributed by atoms with van der Waals surface area (Å²) in [5.41, 5.74) is 7.61. The summed E-state index contributed by atoms with van der Waals surface area (Å²) in [5.74, 6) is 1.72. The second kappa shape index (κ2) is 3.03. The largest absolute Gasteiger partial charge is 0.455 e. The number of rotatable bonds is 0. The molecule has 4 rings (SSSR count). The highest BCUT2D eigenvalue weighted by atomic mass is 16.5. The van der Waals surface area contributed by atoms with E-state index in [9.17, 15) is 4.79 Å². The van der Waals surface area contributed by atoms with E-state index in [2.05, 4.69) is 4.98 Å². The molecule has 2 aliphatic rings. The number of hydrogen-bond donors (Lipinski definition) is 2. The summed E-state index contributed by atoms with van der Waals surface area (Å²) in [4.78, 5) is 14.3. The minimum atomic E-state index is -0.484. The zero-order valence-electron chi connectivity index (χ0n) is 9.64. The second-order valence-electron chi connectivity index (χ2n) is 5.00. The number of H-pyrrole nitrogens is 1. The lowest BCUT2D eigenvalue weighted by Crippen LogP contribution is -2.25. The van der Waals surface area contributed by atoms with Crippen molar-refractivity contribution >= 4 is 0 Å². The fourth-order valence-corrected chi connectivity index (χ4v) is 2.81. The highest BCUT2D eigenvalue weighted by molar-refractivity contribution is 5.54. The fourth-order valence-electron chi connectivity index (χ4n) is 2.81. The zero-order valence-corrected chi connectivity index (χ0v) is 9.64. The van der Waals surface area contributed by atoms with E-state index in [4.69, 9.17) is 10.5 Å². The third-order valence-corrected chi connectivity index (χ3v) is 3.86. The van der Waals surface area contributed by atoms with E-state index in [0.29, 0.717) is 5.75 Å². The van der Waals surface area contributed by atoms with Gasteiger partial charge in [0.15, 0.2) is 0 Å². The third-order valence-electron chi connectivity index (χ3n) is 3.86. The molecular weight excluding hydrogens is 228 g/mol. The highest BCUT2D eigenvalue weighted by Crippen LogP contribution is 2.61. The van der Waals surface area contributed by atoms with Gasteiger partial charge in [0.2, 0.25) is 5.56 Å². The first-order valence-electron chi connectivity index (χ1n) is 5.98. The minimum absolute atomic E-state index is 0.140. The lowest BCUT2D eigenvalue weighted by Gasteiger charge is -2.12. The topological polar surface area (TPSA) is 68.1 Å². The Morgan fingerprint density at radius 1 is 1.22 bits per heavy atom. The average molecular weight is 240 g/mol. The van der Waals surface area contributed by atoms with E-state index in [0.717, 1.165) is 23.4 Å². The second-order valence-corrected chi connectivity index (χ2v) is 5.00. The Bertz CT molecular complexity index is 707. The van der Waals surface area contributed by atoms with Crippen molar-refractivity contribution in [3.8, 4) is 11.5 Å². The monoisotopic (exact) mass is 240 g/mol. The van der Waals surface area contributed by atoms with Crippen molar-refractivity contribution in [2.75, 3.05) is 0 Å². The summed E-state index contributed by atoms with van der Waals surface area (Å²) >= 11 is 0. The molecule has 2 atom stereocenters. The number of fused-ring (bicyclic) bond motifs is 5. The molecule has 1 aliphatic carbocycles. The van der Waals surface area contributed by atoms with Crippen LogP contribution < -0.4 is 16.0 Å². The molecule has 1 saturated carbocycles. The minimum Gasteiger partial charge on any atom is -0.455 e. The quantitative estimate of drug-likeness (QED) is 0.738. The Morgan fingerprint density at radius 3 is 2.94 bits per heavy atom. The maximum Gasteiger partial charge on any atom is 0.248 e. The Hall–Kier alpha value is -2.07. The molecule has 0 bridgehead atoms. The van der Waals surface area contributed by atoms with Crippen molar-refractivity contribution in [1.29, 1.82) is 0 Å². The molecule has 90 valence electrons. The maximum absolute atomic E-state index is 11.5. The van der Waals surface area contributed by atoms with E-state index >= 15 is 0 Å². The number of aromatic amines is 1. The van der Waals surface area contributed by atoms with Crippen molar-refractivity contribution < 1.29 is 4.74 Å². The number of nitrogens with one attached hydrogen (secondary N) is 1. The third kappa shape index (κ3) is 1.15. The Labute approximate surface area is 103 Å². The van der Waals surface area contributed by atoms with Gasteiger partial charge in [-0.05, 0) is 18.6 Å². The molecule has 2 unspecified atom stereocenters. The average Bonchev–Trinajstić information content (AvgIpc) is 3.06. The molecule has 1 fully saturated rings. The van der Waals surface area contributed by atoms with Gasteiger partial charge in [-0.15, -0.1) is 0 Å². The van der Waals surface area contributed by atoms with Crippen molar-refractivity contribution in [1.82, 2.24) is 4.98 Å². The van der Waals surface area contributed by atoms with E-state index in [1.165, 1.54) is 6.07 Å². The molecule has 4 heteroatoms. The van der Waals surface area contributed by atoms with E-state index < -0.39 is 5.54 Å². The first-order valence-corrected chi connectivity index (χ1v) is 5.98. The molecule has 4 nitrogen and oxygen atoms in total. The number of benzene rings is 1. The smallest absolute Gasteiger partial charge is 0.248 e. The molecule has 1 aromatic carbocycles. The number of nitrogens with two attached hydrogens (primary N) is 1. The number of aromatic nitrogens is 1. The van der Waals surface area contributed by atoms with Gasteiger partial charge in [0, 0.05) is 17.5 Å². The van der Waals surface area contributed by atoms with Gasteiger partial charge in [-0.25, -0.2) is 0 Å². The number of pyridine rings is 1. The molecule has 0 spiro atoms. The Balaban J connectivity index is 2.00. The predicted octanol–water partition coefficient (Wildman–Crippen LogP) is 1.82. The molecule has 2 aromatic rings. The zero-order chi connectivity index (χ0) is 12.3. The van der Waals surface area contributed by atoms with Crippen LogP contribution in [0.25, 0.3) is 0 Å². The van der Waals surface area contributed by atoms with E-state index in [1.54, 1.807) is 6.07 Å². The summed E-state index contributed by atoms with van der Waals surface area (Å²) in [6, 6.07) is 11.1. The highest BCUT2D eigenvalue weighted by Gasteiger charge is 2.57. The molecule has 1 aromatic heterocycles. The predicted molar refractivity (Wildman–Crippen MR) is 66.8 cm³/mol. The van der Waals surface area contributed by atoms with Crippen molar-refractivity contribution in [2.24, 2.45) is 5.73 Å². The molecule has 0 radical (unpaired) electrons. The first-order chi connectivity index (χ1) is 8.68. The molecule has 18 heavy (non-hydrogen) atoms. The normalized spacial score (nSPS) is 27.3. The van der Waals surface area contributed by atoms with Crippen molar-refractivity contribution in [3.63, 3.8) is 0 Å². The molecule has 0 saturated heterocycles. The Morgan fingerprint density at radius 2 is 2.06 bits per heavy atom. The van der Waals surface area contributed by atoms with Gasteiger partial charge in [0.25, 0.3) is 0 Å². The summed E-state index contributed by atoms with van der Waals surface area (Å²) in [7, 11) is 0. The van der Waals surface area contributed by atoms with Crippen LogP contribution in [-0.2, 0) is 5.54 Å². The molecule has 3 N–H and O–H groups in total. The summed E-state index contributed by atoms with van der Waals surface area (Å²) in [6.45, 7) is 0. The van der Waals surface area contributed by atoms with Crippen LogP contribution in [0.1, 0.15) is 23.6 Å². The lowest BCUT2D eigenvalue weighted by atomic mass is 10.0. The number of ether oxygens (including phenoxy) is 1. The molecule has 2 heterocycles. The first kappa shape index (κ1) is 9.91. The van der Waals surface area contributed by atoms with Crippen LogP contribution in [0.5, 0.6) is 11.5 Å². The van der Waals surface area contributed by atoms with Gasteiger partial charge >= 0.3 is 0 Å². The van der Waals surface area contributed by atoms with Gasteiger partial charge in [-0.1, -0.05) is 18.2 Å². The SMILES string of the molecule is NC12CC1c1ccccc1Oc1ccc(=O)[nH]c12. The summed E-state index contributed by atoms with van der Waals surface area (Å²) in [6.07, 6.45) is 0.848. The number of hydrogen-bond acceptors (Lipinski definition) is 3. The van der Waals surface area contributed by atoms with Crippen LogP contribution in [0.3, 0.4) is 0 Å². The van der Waals surface area contributed by atoms with Crippen molar-refractivity contribution in [3.05, 3.63) is 58.0 Å². The van der Waals surface area contributed by atoms with Gasteiger partial charge in [-0.3, -0.25) is 4.79 Å². The van der Waals surface area contributed by atoms with Gasteiger partial charge in [-0.2, -0.15) is 0 Å². The molecule has 1 aliphatic heterocycles. The summed E-state index contributed by atoms with van der Waals surface area (Å²) in [5, 5.41) is 0. The molecular formula is C14H12N2O2. The van der Waals surface area contributed by atoms with Gasteiger partial charge in [0.05, 0.1) is 11.2 Å². The van der Waals surface area contributed by atoms with Crippen LogP contribution in [0, 0.1) is 0 Å². The van der Waals surface area contributed by atoms with Crippen LogP contribution in [0.15, 0.2) is 41.2 Å². The van der Waals surface area contributed by atoms with Crippen LogP contribution >= 0.6 is 0 Å². The fraction of sp³-hybridized carbons (Fsp3) is 0.214. The van der Waals surface area contributed by atoms with Gasteiger partial charge < -0.3 is 15.5 Å². The number of para-hydroxylation sites is 1. The lowest BCUT2D eigenvalue weighted by molar-refractivity contribution is 0.467. The van der Waals surface area contributed by atoms with E-state index in [1.807, 2.05) is 24.3 Å². The maximum atomic E-state index is 11.5. The van der Waals surface area contributed by atoms with Gasteiger partial charge in [0.1, 0.15) is 11.5 Å². The Kier molecular flexibility index (Phi) is 1.67. The standard InChI is InChI=1S/C14H12N2O2/c15-14-7-9(14)8-3-1-2-4-10(8)18-11-5-6-12(17)16-13(11)14/h1-6,9H,7,15H2,(H,16,17).